The summed E-state index contributed by atoms with van der Waals surface area (Å²) < 4.78 is 5.30. The van der Waals surface area contributed by atoms with Crippen molar-refractivity contribution in [3.63, 3.8) is 0 Å². The van der Waals surface area contributed by atoms with Crippen LogP contribution in [0.25, 0.3) is 0 Å². The molecule has 19 heavy (non-hydrogen) atoms. The molecule has 1 atom stereocenters. The van der Waals surface area contributed by atoms with Crippen molar-refractivity contribution in [1.29, 1.82) is 0 Å². The fraction of sp³-hybridized carbons (Fsp3) is 0.400. The first kappa shape index (κ1) is 14.0. The Balaban J connectivity index is 2.19. The van der Waals surface area contributed by atoms with Crippen molar-refractivity contribution in [2.45, 2.75) is 26.3 Å². The lowest BCUT2D eigenvalue weighted by Crippen LogP contribution is -2.19. The largest absolute Gasteiger partial charge is 0.496 e. The maximum absolute atomic E-state index is 5.30. The van der Waals surface area contributed by atoms with Gasteiger partial charge in [-0.3, -0.25) is 0 Å². The number of likely N-dealkylation sites (N-methyl/N-ethyl adjacent to an activating group) is 1. The van der Waals surface area contributed by atoms with Gasteiger partial charge in [0.25, 0.3) is 0 Å². The number of benzene rings is 1. The van der Waals surface area contributed by atoms with Gasteiger partial charge in [0.15, 0.2) is 0 Å². The number of thiazole rings is 1. The summed E-state index contributed by atoms with van der Waals surface area (Å²) in [6, 6.07) is 6.62. The van der Waals surface area contributed by atoms with Crippen LogP contribution in [0.15, 0.2) is 23.6 Å². The molecule has 4 heteroatoms. The van der Waals surface area contributed by atoms with E-state index in [-0.39, 0.29) is 6.04 Å². The predicted molar refractivity (Wildman–Crippen MR) is 80.1 cm³/mol. The lowest BCUT2D eigenvalue weighted by atomic mass is 10.0. The Morgan fingerprint density at radius 2 is 2.16 bits per heavy atom. The van der Waals surface area contributed by atoms with Gasteiger partial charge in [-0.2, -0.15) is 0 Å². The van der Waals surface area contributed by atoms with Crippen molar-refractivity contribution >= 4 is 11.3 Å². The molecular weight excluding hydrogens is 256 g/mol. The topological polar surface area (TPSA) is 34.2 Å². The fourth-order valence-electron chi connectivity index (χ4n) is 2.18. The van der Waals surface area contributed by atoms with Crippen molar-refractivity contribution in [2.24, 2.45) is 0 Å². The number of methoxy groups -OCH3 is 1. The predicted octanol–water partition coefficient (Wildman–Crippen LogP) is 3.27. The number of aryl methyl sites for hydroxylation is 2. The minimum atomic E-state index is 0.287. The van der Waals surface area contributed by atoms with Crippen LogP contribution in [-0.4, -0.2) is 19.1 Å². The molecule has 102 valence electrons. The minimum absolute atomic E-state index is 0.287. The third kappa shape index (κ3) is 3.33. The Labute approximate surface area is 118 Å². The van der Waals surface area contributed by atoms with E-state index in [1.165, 1.54) is 10.6 Å². The second-order valence-corrected chi connectivity index (χ2v) is 5.60. The van der Waals surface area contributed by atoms with Crippen molar-refractivity contribution in [3.8, 4) is 5.75 Å². The Kier molecular flexibility index (Phi) is 4.56. The molecule has 0 amide bonds. The van der Waals surface area contributed by atoms with Gasteiger partial charge in [-0.15, -0.1) is 11.3 Å². The standard InChI is InChI=1S/C15H20N2OS/c1-10-7-12(5-6-14(10)18-4)13(16-3)8-15-17-11(2)9-19-15/h5-7,9,13,16H,8H2,1-4H3. The lowest BCUT2D eigenvalue weighted by molar-refractivity contribution is 0.411. The molecule has 0 saturated heterocycles. The monoisotopic (exact) mass is 276 g/mol. The maximum Gasteiger partial charge on any atom is 0.121 e. The van der Waals surface area contributed by atoms with Gasteiger partial charge < -0.3 is 10.1 Å². The van der Waals surface area contributed by atoms with Crippen LogP contribution in [0, 0.1) is 13.8 Å². The second kappa shape index (κ2) is 6.17. The third-order valence-electron chi connectivity index (χ3n) is 3.22. The molecule has 1 aromatic heterocycles. The van der Waals surface area contributed by atoms with Crippen LogP contribution >= 0.6 is 11.3 Å². The summed E-state index contributed by atoms with van der Waals surface area (Å²) in [6.45, 7) is 4.11. The van der Waals surface area contributed by atoms with Crippen molar-refractivity contribution in [2.75, 3.05) is 14.2 Å². The number of hydrogen-bond donors (Lipinski definition) is 1. The van der Waals surface area contributed by atoms with Gasteiger partial charge in [-0.25, -0.2) is 4.98 Å². The normalized spacial score (nSPS) is 12.4. The molecule has 0 aliphatic rings. The summed E-state index contributed by atoms with van der Waals surface area (Å²) in [5, 5.41) is 6.64. The van der Waals surface area contributed by atoms with Gasteiger partial charge in [-0.05, 0) is 38.1 Å². The van der Waals surface area contributed by atoms with Crippen LogP contribution in [0.4, 0.5) is 0 Å². The van der Waals surface area contributed by atoms with Crippen LogP contribution in [0.2, 0.25) is 0 Å². The van der Waals surface area contributed by atoms with E-state index >= 15 is 0 Å². The molecule has 0 fully saturated rings. The van der Waals surface area contributed by atoms with Gasteiger partial charge in [0.2, 0.25) is 0 Å². The molecule has 0 aliphatic carbocycles. The summed E-state index contributed by atoms with van der Waals surface area (Å²) in [7, 11) is 3.70. The van der Waals surface area contributed by atoms with Crippen LogP contribution < -0.4 is 10.1 Å². The number of hydrogen-bond acceptors (Lipinski definition) is 4. The highest BCUT2D eigenvalue weighted by Crippen LogP contribution is 2.25. The summed E-state index contributed by atoms with van der Waals surface area (Å²) in [6.07, 6.45) is 0.917. The number of nitrogens with one attached hydrogen (secondary N) is 1. The Morgan fingerprint density at radius 1 is 1.37 bits per heavy atom. The lowest BCUT2D eigenvalue weighted by Gasteiger charge is -2.17. The maximum atomic E-state index is 5.30. The SMILES string of the molecule is CNC(Cc1nc(C)cs1)c1ccc(OC)c(C)c1. The van der Waals surface area contributed by atoms with Crippen molar-refractivity contribution in [1.82, 2.24) is 10.3 Å². The van der Waals surface area contributed by atoms with Gasteiger partial charge in [0.05, 0.1) is 12.1 Å². The van der Waals surface area contributed by atoms with Gasteiger partial charge >= 0.3 is 0 Å². The highest BCUT2D eigenvalue weighted by atomic mass is 32.1. The quantitative estimate of drug-likeness (QED) is 0.910. The Bertz CT molecular complexity index is 551. The van der Waals surface area contributed by atoms with E-state index in [4.69, 9.17) is 4.74 Å². The summed E-state index contributed by atoms with van der Waals surface area (Å²) >= 11 is 1.72. The first-order valence-corrected chi connectivity index (χ1v) is 7.24. The van der Waals surface area contributed by atoms with E-state index in [1.54, 1.807) is 18.4 Å². The number of ether oxygens (including phenoxy) is 1. The van der Waals surface area contributed by atoms with E-state index in [9.17, 15) is 0 Å². The molecule has 0 spiro atoms. The number of nitrogens with zero attached hydrogens (tertiary/aromatic N) is 1. The molecule has 0 aliphatic heterocycles. The molecule has 1 heterocycles. The fourth-order valence-corrected chi connectivity index (χ4v) is 2.99. The van der Waals surface area contributed by atoms with Crippen molar-refractivity contribution < 1.29 is 4.74 Å². The van der Waals surface area contributed by atoms with Crippen LogP contribution in [-0.2, 0) is 6.42 Å². The van der Waals surface area contributed by atoms with E-state index in [1.807, 2.05) is 20.0 Å². The Hall–Kier alpha value is -1.39. The summed E-state index contributed by atoms with van der Waals surface area (Å²) in [4.78, 5) is 4.53. The number of rotatable bonds is 5. The zero-order valence-electron chi connectivity index (χ0n) is 11.9. The second-order valence-electron chi connectivity index (χ2n) is 4.66. The van der Waals surface area contributed by atoms with E-state index in [0.717, 1.165) is 23.4 Å². The molecular formula is C15H20N2OS. The molecule has 3 nitrogen and oxygen atoms in total. The molecule has 0 bridgehead atoms. The van der Waals surface area contributed by atoms with Crippen LogP contribution in [0.3, 0.4) is 0 Å². The summed E-state index contributed by atoms with van der Waals surface area (Å²) in [5.41, 5.74) is 3.53. The smallest absolute Gasteiger partial charge is 0.121 e. The molecule has 0 saturated carbocycles. The van der Waals surface area contributed by atoms with Gasteiger partial charge in [0.1, 0.15) is 5.75 Å². The van der Waals surface area contributed by atoms with Crippen molar-refractivity contribution in [3.05, 3.63) is 45.4 Å². The average molecular weight is 276 g/mol. The molecule has 1 unspecified atom stereocenters. The van der Waals surface area contributed by atoms with E-state index < -0.39 is 0 Å². The minimum Gasteiger partial charge on any atom is -0.496 e. The highest BCUT2D eigenvalue weighted by Gasteiger charge is 2.13. The zero-order valence-corrected chi connectivity index (χ0v) is 12.7. The average Bonchev–Trinajstić information content (AvgIpc) is 2.81. The molecule has 1 aromatic carbocycles. The molecule has 2 aromatic rings. The number of aromatic nitrogens is 1. The zero-order chi connectivity index (χ0) is 13.8. The first-order chi connectivity index (χ1) is 9.13. The van der Waals surface area contributed by atoms with Gasteiger partial charge in [0, 0.05) is 23.5 Å². The first-order valence-electron chi connectivity index (χ1n) is 6.37. The van der Waals surface area contributed by atoms with Gasteiger partial charge in [-0.1, -0.05) is 12.1 Å². The molecule has 1 N–H and O–H groups in total. The van der Waals surface area contributed by atoms with Crippen LogP contribution in [0.5, 0.6) is 5.75 Å². The summed E-state index contributed by atoms with van der Waals surface area (Å²) in [5.74, 6) is 0.934. The van der Waals surface area contributed by atoms with Crippen LogP contribution in [0.1, 0.15) is 27.9 Å². The van der Waals surface area contributed by atoms with E-state index in [2.05, 4.69) is 34.7 Å². The highest BCUT2D eigenvalue weighted by molar-refractivity contribution is 7.09. The van der Waals surface area contributed by atoms with E-state index in [0.29, 0.717) is 0 Å². The molecule has 2 rings (SSSR count). The Morgan fingerprint density at radius 3 is 2.68 bits per heavy atom. The molecule has 0 radical (unpaired) electrons. The third-order valence-corrected chi connectivity index (χ3v) is 4.20.